The number of carboxylic acids is 1. The van der Waals surface area contributed by atoms with E-state index in [1.54, 1.807) is 0 Å². The molecule has 0 radical (unpaired) electrons. The predicted molar refractivity (Wildman–Crippen MR) is 62.7 cm³/mol. The predicted octanol–water partition coefficient (Wildman–Crippen LogP) is 3.36. The van der Waals surface area contributed by atoms with Gasteiger partial charge in [-0.05, 0) is 12.1 Å². The van der Waals surface area contributed by atoms with Crippen LogP contribution < -0.4 is 4.74 Å². The van der Waals surface area contributed by atoms with Gasteiger partial charge in [-0.3, -0.25) is 4.98 Å². The van der Waals surface area contributed by atoms with Crippen molar-refractivity contribution in [1.82, 2.24) is 4.98 Å². The quantitative estimate of drug-likeness (QED) is 0.926. The van der Waals surface area contributed by atoms with Crippen molar-refractivity contribution in [3.05, 3.63) is 53.1 Å². The number of hydrogen-bond donors (Lipinski definition) is 1. The van der Waals surface area contributed by atoms with E-state index in [9.17, 15) is 9.18 Å². The highest BCUT2D eigenvalue weighted by molar-refractivity contribution is 6.30. The van der Waals surface area contributed by atoms with Crippen LogP contribution in [0.15, 0.2) is 36.7 Å². The number of hydrogen-bond acceptors (Lipinski definition) is 3. The van der Waals surface area contributed by atoms with E-state index in [4.69, 9.17) is 21.4 Å². The summed E-state index contributed by atoms with van der Waals surface area (Å²) in [6.45, 7) is 0. The zero-order valence-electron chi connectivity index (χ0n) is 8.93. The van der Waals surface area contributed by atoms with Crippen LogP contribution in [0.5, 0.6) is 11.5 Å². The van der Waals surface area contributed by atoms with Crippen molar-refractivity contribution >= 4 is 17.6 Å². The summed E-state index contributed by atoms with van der Waals surface area (Å²) in [6, 6.07) is 5.56. The molecule has 0 aliphatic carbocycles. The van der Waals surface area contributed by atoms with Gasteiger partial charge in [0.15, 0.2) is 11.6 Å². The van der Waals surface area contributed by atoms with Gasteiger partial charge in [-0.2, -0.15) is 0 Å². The molecule has 0 saturated carbocycles. The number of aromatic carboxylic acids is 1. The Morgan fingerprint density at radius 2 is 2.11 bits per heavy atom. The second-order valence-electron chi connectivity index (χ2n) is 3.33. The molecule has 0 fully saturated rings. The van der Waals surface area contributed by atoms with E-state index in [0.29, 0.717) is 0 Å². The number of halogens is 2. The fourth-order valence-electron chi connectivity index (χ4n) is 1.31. The highest BCUT2D eigenvalue weighted by atomic mass is 35.5. The first-order valence-corrected chi connectivity index (χ1v) is 5.26. The Kier molecular flexibility index (Phi) is 3.43. The summed E-state index contributed by atoms with van der Waals surface area (Å²) < 4.78 is 18.8. The normalized spacial score (nSPS) is 10.1. The summed E-state index contributed by atoms with van der Waals surface area (Å²) in [5, 5.41) is 8.83. The van der Waals surface area contributed by atoms with Crippen LogP contribution in [-0.2, 0) is 0 Å². The Morgan fingerprint density at radius 3 is 2.83 bits per heavy atom. The van der Waals surface area contributed by atoms with Crippen molar-refractivity contribution in [2.24, 2.45) is 0 Å². The zero-order valence-corrected chi connectivity index (χ0v) is 9.69. The second kappa shape index (κ2) is 5.01. The lowest BCUT2D eigenvalue weighted by Gasteiger charge is -2.09. The molecule has 2 aromatic rings. The van der Waals surface area contributed by atoms with Gasteiger partial charge in [0.2, 0.25) is 0 Å². The Morgan fingerprint density at radius 1 is 1.33 bits per heavy atom. The van der Waals surface area contributed by atoms with Gasteiger partial charge in [0.25, 0.3) is 0 Å². The van der Waals surface area contributed by atoms with Gasteiger partial charge in [-0.15, -0.1) is 0 Å². The molecule has 0 bridgehead atoms. The van der Waals surface area contributed by atoms with Crippen molar-refractivity contribution < 1.29 is 19.0 Å². The average Bonchev–Trinajstić information content (AvgIpc) is 2.35. The summed E-state index contributed by atoms with van der Waals surface area (Å²) in [6.07, 6.45) is 2.48. The molecule has 0 aliphatic rings. The van der Waals surface area contributed by atoms with Gasteiger partial charge in [-0.25, -0.2) is 9.18 Å². The van der Waals surface area contributed by atoms with Crippen LogP contribution in [-0.4, -0.2) is 16.1 Å². The first-order chi connectivity index (χ1) is 8.59. The molecule has 92 valence electrons. The monoisotopic (exact) mass is 267 g/mol. The SMILES string of the molecule is O=C(O)c1cnccc1Oc1cccc(Cl)c1F. The van der Waals surface area contributed by atoms with E-state index in [1.165, 1.54) is 30.5 Å². The van der Waals surface area contributed by atoms with Gasteiger partial charge in [-0.1, -0.05) is 17.7 Å². The van der Waals surface area contributed by atoms with Gasteiger partial charge in [0.05, 0.1) is 5.02 Å². The Labute approximate surface area is 107 Å². The maximum atomic E-state index is 13.6. The van der Waals surface area contributed by atoms with Crippen LogP contribution in [0, 0.1) is 5.82 Å². The number of nitrogens with zero attached hydrogens (tertiary/aromatic N) is 1. The third-order valence-electron chi connectivity index (χ3n) is 2.15. The minimum atomic E-state index is -1.21. The molecule has 1 aromatic carbocycles. The molecule has 0 aliphatic heterocycles. The smallest absolute Gasteiger partial charge is 0.341 e. The van der Waals surface area contributed by atoms with E-state index in [2.05, 4.69) is 4.98 Å². The van der Waals surface area contributed by atoms with Crippen LogP contribution >= 0.6 is 11.6 Å². The molecule has 1 aromatic heterocycles. The molecular formula is C12H7ClFNO3. The van der Waals surface area contributed by atoms with E-state index in [0.717, 1.165) is 6.20 Å². The van der Waals surface area contributed by atoms with Gasteiger partial charge in [0.1, 0.15) is 11.3 Å². The largest absolute Gasteiger partial charge is 0.477 e. The fraction of sp³-hybridized carbons (Fsp3) is 0. The molecule has 4 nitrogen and oxygen atoms in total. The average molecular weight is 268 g/mol. The number of rotatable bonds is 3. The van der Waals surface area contributed by atoms with Crippen LogP contribution in [0.25, 0.3) is 0 Å². The number of benzene rings is 1. The summed E-state index contributed by atoms with van der Waals surface area (Å²) in [5.74, 6) is -2.09. The minimum absolute atomic E-state index is 0.00123. The maximum absolute atomic E-state index is 13.6. The number of pyridine rings is 1. The number of aromatic nitrogens is 1. The molecule has 1 heterocycles. The van der Waals surface area contributed by atoms with Gasteiger partial charge in [0, 0.05) is 18.5 Å². The fourth-order valence-corrected chi connectivity index (χ4v) is 1.48. The lowest BCUT2D eigenvalue weighted by molar-refractivity contribution is 0.0693. The van der Waals surface area contributed by atoms with Crippen LogP contribution in [0.2, 0.25) is 5.02 Å². The Hall–Kier alpha value is -2.14. The molecule has 0 spiro atoms. The van der Waals surface area contributed by atoms with Crippen LogP contribution in [0.1, 0.15) is 10.4 Å². The maximum Gasteiger partial charge on any atom is 0.341 e. The van der Waals surface area contributed by atoms with Gasteiger partial charge >= 0.3 is 5.97 Å². The summed E-state index contributed by atoms with van der Waals surface area (Å²) in [5.41, 5.74) is -0.156. The highest BCUT2D eigenvalue weighted by Gasteiger charge is 2.14. The molecular weight excluding hydrogens is 261 g/mol. The topological polar surface area (TPSA) is 59.4 Å². The van der Waals surface area contributed by atoms with Gasteiger partial charge < -0.3 is 9.84 Å². The molecule has 0 unspecified atom stereocenters. The van der Waals surface area contributed by atoms with E-state index in [1.807, 2.05) is 0 Å². The Balaban J connectivity index is 2.40. The molecule has 0 atom stereocenters. The minimum Gasteiger partial charge on any atom is -0.477 e. The van der Waals surface area contributed by atoms with Crippen molar-refractivity contribution in [1.29, 1.82) is 0 Å². The van der Waals surface area contributed by atoms with Crippen molar-refractivity contribution in [2.75, 3.05) is 0 Å². The lowest BCUT2D eigenvalue weighted by atomic mass is 10.2. The summed E-state index contributed by atoms with van der Waals surface area (Å²) >= 11 is 5.60. The third kappa shape index (κ3) is 2.41. The number of carbonyl (C=O) groups is 1. The standard InChI is InChI=1S/C12H7ClFNO3/c13-8-2-1-3-10(11(8)14)18-9-4-5-15-6-7(9)12(16)17/h1-6H,(H,16,17). The van der Waals surface area contributed by atoms with E-state index < -0.39 is 11.8 Å². The molecule has 2 rings (SSSR count). The Bertz CT molecular complexity index is 604. The van der Waals surface area contributed by atoms with Crippen molar-refractivity contribution in [3.63, 3.8) is 0 Å². The molecule has 0 amide bonds. The molecule has 6 heteroatoms. The highest BCUT2D eigenvalue weighted by Crippen LogP contribution is 2.30. The molecule has 1 N–H and O–H groups in total. The first-order valence-electron chi connectivity index (χ1n) is 4.89. The number of carboxylic acid groups (broad SMARTS) is 1. The number of ether oxygens (including phenoxy) is 1. The van der Waals surface area contributed by atoms with Crippen molar-refractivity contribution in [2.45, 2.75) is 0 Å². The third-order valence-corrected chi connectivity index (χ3v) is 2.44. The van der Waals surface area contributed by atoms with Crippen LogP contribution in [0.3, 0.4) is 0 Å². The van der Waals surface area contributed by atoms with E-state index >= 15 is 0 Å². The van der Waals surface area contributed by atoms with Crippen molar-refractivity contribution in [3.8, 4) is 11.5 Å². The molecule has 0 saturated heterocycles. The molecule has 18 heavy (non-hydrogen) atoms. The zero-order chi connectivity index (χ0) is 13.1. The summed E-state index contributed by atoms with van der Waals surface area (Å²) in [4.78, 5) is 14.6. The lowest BCUT2D eigenvalue weighted by Crippen LogP contribution is -2.01. The van der Waals surface area contributed by atoms with Crippen LogP contribution in [0.4, 0.5) is 4.39 Å². The summed E-state index contributed by atoms with van der Waals surface area (Å²) in [7, 11) is 0. The van der Waals surface area contributed by atoms with E-state index in [-0.39, 0.29) is 22.1 Å². The first kappa shape index (κ1) is 12.3. The second-order valence-corrected chi connectivity index (χ2v) is 3.74.